The number of carbonyl (C=O) groups excluding carboxylic acids is 1. The third-order valence-electron chi connectivity index (χ3n) is 6.38. The Morgan fingerprint density at radius 1 is 1.28 bits per heavy atom. The molecule has 3 aliphatic carbocycles. The van der Waals surface area contributed by atoms with Crippen LogP contribution in [0, 0.1) is 29.1 Å². The number of carbonyl (C=O) groups is 1. The predicted molar refractivity (Wildman–Crippen MR) is 71.1 cm³/mol. The zero-order chi connectivity index (χ0) is 12.8. The fourth-order valence-corrected chi connectivity index (χ4v) is 5.29. The summed E-state index contributed by atoms with van der Waals surface area (Å²) in [7, 11) is 0. The fourth-order valence-electron chi connectivity index (χ4n) is 5.29. The summed E-state index contributed by atoms with van der Waals surface area (Å²) in [5, 5.41) is 9.10. The zero-order valence-corrected chi connectivity index (χ0v) is 11.5. The van der Waals surface area contributed by atoms with Gasteiger partial charge in [-0.05, 0) is 62.2 Å². The maximum absolute atomic E-state index is 12.1. The zero-order valence-electron chi connectivity index (χ0n) is 11.5. The van der Waals surface area contributed by atoms with Crippen molar-refractivity contribution in [1.82, 2.24) is 0 Å². The van der Waals surface area contributed by atoms with E-state index in [9.17, 15) is 4.79 Å². The lowest BCUT2D eigenvalue weighted by molar-refractivity contribution is -0.130. The molecule has 0 aromatic carbocycles. The molecule has 3 fully saturated rings. The van der Waals surface area contributed by atoms with Gasteiger partial charge >= 0.3 is 0 Å². The molecule has 3 rings (SSSR count). The summed E-state index contributed by atoms with van der Waals surface area (Å²) >= 11 is 0. The van der Waals surface area contributed by atoms with Crippen molar-refractivity contribution in [3.8, 4) is 0 Å². The lowest BCUT2D eigenvalue weighted by Crippen LogP contribution is -2.44. The number of aliphatic hydroxyl groups excluding tert-OH is 1. The molecule has 18 heavy (non-hydrogen) atoms. The molecule has 5 atom stereocenters. The van der Waals surface area contributed by atoms with Crippen molar-refractivity contribution in [1.29, 1.82) is 0 Å². The summed E-state index contributed by atoms with van der Waals surface area (Å²) in [5.41, 5.74) is 0.0327. The van der Waals surface area contributed by atoms with Gasteiger partial charge in [-0.1, -0.05) is 13.3 Å². The molecular weight excluding hydrogens is 224 g/mol. The van der Waals surface area contributed by atoms with Crippen LogP contribution in [0.3, 0.4) is 0 Å². The summed E-state index contributed by atoms with van der Waals surface area (Å²) in [4.78, 5) is 12.1. The Kier molecular flexibility index (Phi) is 3.25. The largest absolute Gasteiger partial charge is 0.396 e. The van der Waals surface area contributed by atoms with Crippen LogP contribution in [-0.2, 0) is 4.79 Å². The number of aliphatic hydroxyl groups is 1. The standard InChI is InChI=1S/C16H26O2/c1-16-8-6-12-10-11(7-9-17)2-3-13(12)14(16)4-5-15(16)18/h11-14,17H,2-10H2,1H3/t11-,12+,13+,14-,16-/m0/s1. The first-order valence-electron chi connectivity index (χ1n) is 7.79. The molecule has 0 saturated heterocycles. The van der Waals surface area contributed by atoms with Gasteiger partial charge in [0, 0.05) is 18.4 Å². The van der Waals surface area contributed by atoms with Gasteiger partial charge in [0.25, 0.3) is 0 Å². The van der Waals surface area contributed by atoms with Gasteiger partial charge in [-0.25, -0.2) is 0 Å². The predicted octanol–water partition coefficient (Wildman–Crippen LogP) is 3.18. The quantitative estimate of drug-likeness (QED) is 0.817. The number of Topliss-reactive ketones (excluding diaryl/α,β-unsaturated/α-hetero) is 1. The Bertz CT molecular complexity index is 338. The van der Waals surface area contributed by atoms with Crippen LogP contribution in [-0.4, -0.2) is 17.5 Å². The van der Waals surface area contributed by atoms with E-state index in [0.717, 1.165) is 43.4 Å². The van der Waals surface area contributed by atoms with E-state index < -0.39 is 0 Å². The van der Waals surface area contributed by atoms with Crippen LogP contribution < -0.4 is 0 Å². The third-order valence-corrected chi connectivity index (χ3v) is 6.38. The lowest BCUT2D eigenvalue weighted by Gasteiger charge is -2.49. The van der Waals surface area contributed by atoms with Crippen LogP contribution in [0.4, 0.5) is 0 Å². The average Bonchev–Trinajstić information content (AvgIpc) is 2.67. The summed E-state index contributed by atoms with van der Waals surface area (Å²) in [5.74, 6) is 3.63. The van der Waals surface area contributed by atoms with Crippen LogP contribution in [0.25, 0.3) is 0 Å². The van der Waals surface area contributed by atoms with Gasteiger partial charge in [-0.2, -0.15) is 0 Å². The Morgan fingerprint density at radius 2 is 2.11 bits per heavy atom. The SMILES string of the molecule is C[C@]12CC[C@@H]3C[C@H](CCO)CC[C@H]3[C@@H]1CCC2=O. The molecule has 2 heteroatoms. The number of hydrogen-bond acceptors (Lipinski definition) is 2. The van der Waals surface area contributed by atoms with Crippen molar-refractivity contribution in [2.24, 2.45) is 29.1 Å². The highest BCUT2D eigenvalue weighted by Gasteiger charge is 2.54. The van der Waals surface area contributed by atoms with Crippen LogP contribution in [0.1, 0.15) is 58.3 Å². The average molecular weight is 250 g/mol. The molecule has 0 spiro atoms. The smallest absolute Gasteiger partial charge is 0.139 e. The maximum atomic E-state index is 12.1. The molecule has 102 valence electrons. The highest BCUT2D eigenvalue weighted by atomic mass is 16.3. The first-order valence-corrected chi connectivity index (χ1v) is 7.79. The number of ketones is 1. The van der Waals surface area contributed by atoms with E-state index in [1.165, 1.54) is 25.7 Å². The molecule has 0 aromatic heterocycles. The van der Waals surface area contributed by atoms with Crippen LogP contribution in [0.2, 0.25) is 0 Å². The Labute approximate surface area is 110 Å². The topological polar surface area (TPSA) is 37.3 Å². The lowest BCUT2D eigenvalue weighted by atomic mass is 9.55. The first-order chi connectivity index (χ1) is 8.65. The molecule has 3 saturated carbocycles. The minimum absolute atomic E-state index is 0.0327. The van der Waals surface area contributed by atoms with Crippen molar-refractivity contribution >= 4 is 5.78 Å². The van der Waals surface area contributed by atoms with Crippen molar-refractivity contribution in [3.63, 3.8) is 0 Å². The van der Waals surface area contributed by atoms with E-state index in [-0.39, 0.29) is 5.41 Å². The van der Waals surface area contributed by atoms with E-state index in [4.69, 9.17) is 5.11 Å². The maximum Gasteiger partial charge on any atom is 0.139 e. The van der Waals surface area contributed by atoms with E-state index in [1.54, 1.807) is 0 Å². The van der Waals surface area contributed by atoms with E-state index >= 15 is 0 Å². The fraction of sp³-hybridized carbons (Fsp3) is 0.938. The van der Waals surface area contributed by atoms with Gasteiger partial charge in [-0.3, -0.25) is 4.79 Å². The summed E-state index contributed by atoms with van der Waals surface area (Å²) < 4.78 is 0. The second kappa shape index (κ2) is 4.63. The molecule has 0 bridgehead atoms. The van der Waals surface area contributed by atoms with Crippen molar-refractivity contribution in [2.75, 3.05) is 6.61 Å². The summed E-state index contributed by atoms with van der Waals surface area (Å²) in [6.07, 6.45) is 9.27. The molecule has 3 aliphatic rings. The number of fused-ring (bicyclic) bond motifs is 3. The second-order valence-electron chi connectivity index (χ2n) is 7.14. The molecule has 2 nitrogen and oxygen atoms in total. The monoisotopic (exact) mass is 250 g/mol. The Balaban J connectivity index is 1.73. The summed E-state index contributed by atoms with van der Waals surface area (Å²) in [6.45, 7) is 2.59. The third kappa shape index (κ3) is 1.84. The minimum atomic E-state index is 0.0327. The van der Waals surface area contributed by atoms with Crippen molar-refractivity contribution in [2.45, 2.75) is 58.3 Å². The normalized spacial score (nSPS) is 47.8. The second-order valence-corrected chi connectivity index (χ2v) is 7.14. The van der Waals surface area contributed by atoms with Crippen molar-refractivity contribution in [3.05, 3.63) is 0 Å². The van der Waals surface area contributed by atoms with Crippen LogP contribution >= 0.6 is 0 Å². The molecule has 0 amide bonds. The van der Waals surface area contributed by atoms with Crippen molar-refractivity contribution < 1.29 is 9.90 Å². The number of rotatable bonds is 2. The van der Waals surface area contributed by atoms with E-state index in [0.29, 0.717) is 18.3 Å². The molecule has 0 heterocycles. The highest BCUT2D eigenvalue weighted by Crippen LogP contribution is 2.58. The summed E-state index contributed by atoms with van der Waals surface area (Å²) in [6, 6.07) is 0. The molecule has 1 N–H and O–H groups in total. The van der Waals surface area contributed by atoms with Gasteiger partial charge in [-0.15, -0.1) is 0 Å². The van der Waals surface area contributed by atoms with Crippen LogP contribution in [0.5, 0.6) is 0 Å². The molecule has 0 unspecified atom stereocenters. The van der Waals surface area contributed by atoms with Crippen LogP contribution in [0.15, 0.2) is 0 Å². The molecule has 0 aromatic rings. The van der Waals surface area contributed by atoms with Gasteiger partial charge in [0.05, 0.1) is 0 Å². The highest BCUT2D eigenvalue weighted by molar-refractivity contribution is 5.87. The molecular formula is C16H26O2. The van der Waals surface area contributed by atoms with Gasteiger partial charge < -0.3 is 5.11 Å². The first kappa shape index (κ1) is 12.7. The molecule has 0 aliphatic heterocycles. The van der Waals surface area contributed by atoms with E-state index in [1.807, 2.05) is 0 Å². The molecule has 0 radical (unpaired) electrons. The van der Waals surface area contributed by atoms with Gasteiger partial charge in [0.2, 0.25) is 0 Å². The Hall–Kier alpha value is -0.370. The minimum Gasteiger partial charge on any atom is -0.396 e. The van der Waals surface area contributed by atoms with E-state index in [2.05, 4.69) is 6.92 Å². The van der Waals surface area contributed by atoms with Gasteiger partial charge in [0.1, 0.15) is 5.78 Å². The number of hydrogen-bond donors (Lipinski definition) is 1. The Morgan fingerprint density at radius 3 is 2.89 bits per heavy atom. The van der Waals surface area contributed by atoms with Gasteiger partial charge in [0.15, 0.2) is 0 Å².